The van der Waals surface area contributed by atoms with Crippen LogP contribution in [-0.2, 0) is 16.1 Å². The van der Waals surface area contributed by atoms with Crippen LogP contribution in [0.3, 0.4) is 0 Å². The predicted octanol–water partition coefficient (Wildman–Crippen LogP) is 3.33. The second-order valence-electron chi connectivity index (χ2n) is 7.38. The number of carbonyl (C=O) groups excluding carboxylic acids is 1. The normalized spacial score (nSPS) is 15.0. The standard InChI is InChI=1S/C24H24N4O4/c1-3-31-23(29)18-14(2)26-22-20(21(25)27-24(30)28-22)19(18)16-10-7-11-17(12-16)32-13-15-8-5-4-6-9-15/h4-12,19H,3,13H2,1-2H3,(H4,25,26,27,28,30). The number of rotatable bonds is 6. The fourth-order valence-corrected chi connectivity index (χ4v) is 3.83. The van der Waals surface area contributed by atoms with E-state index < -0.39 is 17.6 Å². The minimum absolute atomic E-state index is 0.141. The Hall–Kier alpha value is -4.07. The van der Waals surface area contributed by atoms with E-state index in [0.717, 1.165) is 11.1 Å². The van der Waals surface area contributed by atoms with Crippen molar-refractivity contribution in [2.75, 3.05) is 17.7 Å². The first-order valence-corrected chi connectivity index (χ1v) is 10.3. The number of ether oxygens (including phenoxy) is 2. The SMILES string of the molecule is CCOC(=O)C1=C(C)Nc2nc(=O)[nH]c(N)c2C1c1cccc(OCc2ccccc2)c1. The van der Waals surface area contributed by atoms with Crippen molar-refractivity contribution >= 4 is 17.6 Å². The van der Waals surface area contributed by atoms with Crippen LogP contribution in [0.1, 0.15) is 36.5 Å². The van der Waals surface area contributed by atoms with Gasteiger partial charge in [0.05, 0.1) is 18.1 Å². The molecular formula is C24H24N4O4. The number of aromatic nitrogens is 2. The largest absolute Gasteiger partial charge is 0.489 e. The maximum Gasteiger partial charge on any atom is 0.348 e. The molecule has 0 radical (unpaired) electrons. The Morgan fingerprint density at radius 3 is 2.69 bits per heavy atom. The fraction of sp³-hybridized carbons (Fsp3) is 0.208. The van der Waals surface area contributed by atoms with Gasteiger partial charge < -0.3 is 20.5 Å². The molecule has 32 heavy (non-hydrogen) atoms. The van der Waals surface area contributed by atoms with Crippen molar-refractivity contribution in [3.05, 3.63) is 93.0 Å². The maximum atomic E-state index is 12.9. The average molecular weight is 432 g/mol. The lowest BCUT2D eigenvalue weighted by Crippen LogP contribution is -2.29. The zero-order valence-electron chi connectivity index (χ0n) is 17.8. The van der Waals surface area contributed by atoms with Crippen LogP contribution >= 0.6 is 0 Å². The van der Waals surface area contributed by atoms with Crippen LogP contribution in [0.5, 0.6) is 5.75 Å². The number of H-pyrrole nitrogens is 1. The minimum Gasteiger partial charge on any atom is -0.489 e. The molecule has 0 amide bonds. The number of hydrogen-bond donors (Lipinski definition) is 3. The molecule has 8 heteroatoms. The summed E-state index contributed by atoms with van der Waals surface area (Å²) in [6, 6.07) is 17.3. The first-order chi connectivity index (χ1) is 15.5. The van der Waals surface area contributed by atoms with Crippen molar-refractivity contribution in [1.82, 2.24) is 9.97 Å². The second kappa shape index (κ2) is 8.97. The molecule has 0 saturated heterocycles. The van der Waals surface area contributed by atoms with Crippen molar-refractivity contribution in [2.45, 2.75) is 26.4 Å². The van der Waals surface area contributed by atoms with Gasteiger partial charge in [-0.3, -0.25) is 4.98 Å². The van der Waals surface area contributed by atoms with Crippen LogP contribution < -0.4 is 21.5 Å². The van der Waals surface area contributed by atoms with Crippen molar-refractivity contribution in [2.24, 2.45) is 0 Å². The van der Waals surface area contributed by atoms with Crippen LogP contribution in [0, 0.1) is 0 Å². The lowest BCUT2D eigenvalue weighted by atomic mass is 9.82. The molecule has 0 saturated carbocycles. The van der Waals surface area contributed by atoms with E-state index in [1.54, 1.807) is 13.8 Å². The summed E-state index contributed by atoms with van der Waals surface area (Å²) in [5.41, 5.74) is 8.88. The van der Waals surface area contributed by atoms with Gasteiger partial charge in [-0.1, -0.05) is 42.5 Å². The van der Waals surface area contributed by atoms with Gasteiger partial charge in [-0.15, -0.1) is 0 Å². The van der Waals surface area contributed by atoms with Crippen molar-refractivity contribution in [3.8, 4) is 5.75 Å². The quantitative estimate of drug-likeness (QED) is 0.511. The van der Waals surface area contributed by atoms with Gasteiger partial charge in [-0.05, 0) is 37.1 Å². The van der Waals surface area contributed by atoms with E-state index in [2.05, 4.69) is 15.3 Å². The van der Waals surface area contributed by atoms with Gasteiger partial charge in [0, 0.05) is 11.3 Å². The lowest BCUT2D eigenvalue weighted by molar-refractivity contribution is -0.138. The first kappa shape index (κ1) is 21.2. The van der Waals surface area contributed by atoms with Crippen LogP contribution in [0.4, 0.5) is 11.6 Å². The van der Waals surface area contributed by atoms with E-state index in [1.807, 2.05) is 54.6 Å². The molecule has 2 aromatic carbocycles. The molecule has 4 N–H and O–H groups in total. The van der Waals surface area contributed by atoms with Gasteiger partial charge in [0.1, 0.15) is 24.0 Å². The van der Waals surface area contributed by atoms with Crippen molar-refractivity contribution in [3.63, 3.8) is 0 Å². The molecule has 1 atom stereocenters. The Morgan fingerprint density at radius 1 is 1.16 bits per heavy atom. The third kappa shape index (κ3) is 4.20. The van der Waals surface area contributed by atoms with E-state index in [1.165, 1.54) is 0 Å². The van der Waals surface area contributed by atoms with Crippen LogP contribution in [0.15, 0.2) is 70.7 Å². The molecule has 0 fully saturated rings. The summed E-state index contributed by atoms with van der Waals surface area (Å²) < 4.78 is 11.3. The van der Waals surface area contributed by atoms with Gasteiger partial charge in [0.25, 0.3) is 0 Å². The highest BCUT2D eigenvalue weighted by Gasteiger charge is 2.36. The Labute approximate surface area is 185 Å². The monoisotopic (exact) mass is 432 g/mol. The topological polar surface area (TPSA) is 119 Å². The molecule has 1 aromatic heterocycles. The van der Waals surface area contributed by atoms with Crippen LogP contribution in [0.2, 0.25) is 0 Å². The number of allylic oxidation sites excluding steroid dienone is 1. The molecule has 8 nitrogen and oxygen atoms in total. The van der Waals surface area contributed by atoms with E-state index in [-0.39, 0.29) is 12.4 Å². The number of nitrogens with one attached hydrogen (secondary N) is 2. The Bertz CT molecular complexity index is 1230. The summed E-state index contributed by atoms with van der Waals surface area (Å²) >= 11 is 0. The lowest BCUT2D eigenvalue weighted by Gasteiger charge is -2.30. The summed E-state index contributed by atoms with van der Waals surface area (Å²) in [7, 11) is 0. The Balaban J connectivity index is 1.77. The maximum absolute atomic E-state index is 12.9. The summed E-state index contributed by atoms with van der Waals surface area (Å²) in [4.78, 5) is 31.3. The molecule has 0 aliphatic carbocycles. The van der Waals surface area contributed by atoms with E-state index in [0.29, 0.717) is 35.0 Å². The molecule has 1 unspecified atom stereocenters. The Morgan fingerprint density at radius 2 is 1.94 bits per heavy atom. The number of nitrogen functional groups attached to an aromatic ring is 1. The zero-order chi connectivity index (χ0) is 22.7. The van der Waals surface area contributed by atoms with Gasteiger partial charge in [0.2, 0.25) is 0 Å². The number of fused-ring (bicyclic) bond motifs is 1. The van der Waals surface area contributed by atoms with E-state index >= 15 is 0 Å². The molecule has 3 aromatic rings. The highest BCUT2D eigenvalue weighted by molar-refractivity contribution is 5.95. The van der Waals surface area contributed by atoms with Gasteiger partial charge in [0.15, 0.2) is 0 Å². The molecule has 4 rings (SSSR count). The van der Waals surface area contributed by atoms with Gasteiger partial charge >= 0.3 is 11.7 Å². The summed E-state index contributed by atoms with van der Waals surface area (Å²) in [5, 5.41) is 3.03. The summed E-state index contributed by atoms with van der Waals surface area (Å²) in [5.74, 6) is 0.0485. The highest BCUT2D eigenvalue weighted by Crippen LogP contribution is 2.43. The minimum atomic E-state index is -0.588. The van der Waals surface area contributed by atoms with E-state index in [9.17, 15) is 9.59 Å². The smallest absolute Gasteiger partial charge is 0.348 e. The number of anilines is 2. The second-order valence-corrected chi connectivity index (χ2v) is 7.38. The van der Waals surface area contributed by atoms with Gasteiger partial charge in [-0.2, -0.15) is 4.98 Å². The third-order valence-electron chi connectivity index (χ3n) is 5.22. The predicted molar refractivity (Wildman–Crippen MR) is 121 cm³/mol. The molecule has 0 spiro atoms. The van der Waals surface area contributed by atoms with Crippen molar-refractivity contribution in [1.29, 1.82) is 0 Å². The zero-order valence-corrected chi connectivity index (χ0v) is 17.8. The number of carbonyl (C=O) groups is 1. The number of benzene rings is 2. The number of esters is 1. The average Bonchev–Trinajstić information content (AvgIpc) is 2.77. The molecular weight excluding hydrogens is 408 g/mol. The molecule has 164 valence electrons. The fourth-order valence-electron chi connectivity index (χ4n) is 3.83. The van der Waals surface area contributed by atoms with Crippen LogP contribution in [0.25, 0.3) is 0 Å². The molecule has 2 heterocycles. The number of nitrogens with zero attached hydrogens (tertiary/aromatic N) is 1. The summed E-state index contributed by atoms with van der Waals surface area (Å²) in [6.45, 7) is 4.13. The number of aromatic amines is 1. The van der Waals surface area contributed by atoms with Crippen LogP contribution in [-0.4, -0.2) is 22.5 Å². The molecule has 1 aliphatic heterocycles. The first-order valence-electron chi connectivity index (χ1n) is 10.3. The number of nitrogens with two attached hydrogens (primary N) is 1. The molecule has 1 aliphatic rings. The van der Waals surface area contributed by atoms with E-state index in [4.69, 9.17) is 15.2 Å². The summed E-state index contributed by atoms with van der Waals surface area (Å²) in [6.07, 6.45) is 0. The Kier molecular flexibility index (Phi) is 5.93. The third-order valence-corrected chi connectivity index (χ3v) is 5.22. The number of hydrogen-bond acceptors (Lipinski definition) is 7. The molecule has 0 bridgehead atoms. The highest BCUT2D eigenvalue weighted by atomic mass is 16.5. The van der Waals surface area contributed by atoms with Gasteiger partial charge in [-0.25, -0.2) is 9.59 Å². The van der Waals surface area contributed by atoms with Crippen molar-refractivity contribution < 1.29 is 14.3 Å².